The second-order valence-corrected chi connectivity index (χ2v) is 9.16. The Morgan fingerprint density at radius 2 is 2.06 bits per heavy atom. The Balaban J connectivity index is 1.36. The zero-order valence-electron chi connectivity index (χ0n) is 17.7. The summed E-state index contributed by atoms with van der Waals surface area (Å²) in [5, 5.41) is 11.6. The van der Waals surface area contributed by atoms with Gasteiger partial charge in [-0.3, -0.25) is 19.3 Å². The summed E-state index contributed by atoms with van der Waals surface area (Å²) in [7, 11) is 1.53. The van der Waals surface area contributed by atoms with E-state index in [1.165, 1.54) is 19.2 Å². The molecule has 2 aliphatic heterocycles. The van der Waals surface area contributed by atoms with Crippen molar-refractivity contribution in [2.45, 2.75) is 44.0 Å². The average Bonchev–Trinajstić information content (AvgIpc) is 2.78. The number of rotatable bonds is 6. The average molecular weight is 445 g/mol. The van der Waals surface area contributed by atoms with E-state index in [0.717, 1.165) is 66.2 Å². The fourth-order valence-corrected chi connectivity index (χ4v) is 5.10. The molecule has 1 N–H and O–H groups in total. The lowest BCUT2D eigenvalue weighted by atomic mass is 10.0. The first-order valence-corrected chi connectivity index (χ1v) is 11.9. The first kappa shape index (κ1) is 21.8. The second kappa shape index (κ2) is 9.78. The van der Waals surface area contributed by atoms with Crippen molar-refractivity contribution in [2.75, 3.05) is 25.4 Å². The van der Waals surface area contributed by atoms with Gasteiger partial charge in [-0.15, -0.1) is 0 Å². The molecule has 31 heavy (non-hydrogen) atoms. The minimum atomic E-state index is -0.286. The molecule has 4 rings (SSSR count). The largest absolute Gasteiger partial charge is 0.349 e. The molecule has 9 nitrogen and oxygen atoms in total. The van der Waals surface area contributed by atoms with Gasteiger partial charge in [-0.05, 0) is 36.8 Å². The first-order chi connectivity index (χ1) is 15.0. The highest BCUT2D eigenvalue weighted by Crippen LogP contribution is 2.21. The molecular formula is C21H28N6O3S. The van der Waals surface area contributed by atoms with Crippen LogP contribution >= 0.6 is 11.8 Å². The Morgan fingerprint density at radius 1 is 1.19 bits per heavy atom. The van der Waals surface area contributed by atoms with Crippen molar-refractivity contribution in [1.29, 1.82) is 0 Å². The Labute approximate surface area is 184 Å². The number of aryl methyl sites for hydroxylation is 2. The van der Waals surface area contributed by atoms with Gasteiger partial charge < -0.3 is 5.32 Å². The molecular weight excluding hydrogens is 416 g/mol. The maximum Gasteiger partial charge on any atom is 0.271 e. The highest BCUT2D eigenvalue weighted by molar-refractivity contribution is 7.98. The maximum atomic E-state index is 12.5. The zero-order chi connectivity index (χ0) is 21.8. The number of amides is 1. The van der Waals surface area contributed by atoms with Crippen molar-refractivity contribution < 1.29 is 4.79 Å². The van der Waals surface area contributed by atoms with Crippen LogP contribution < -0.4 is 16.4 Å². The lowest BCUT2D eigenvalue weighted by molar-refractivity contribution is 0.0902. The van der Waals surface area contributed by atoms with Crippen LogP contribution in [0.5, 0.6) is 0 Å². The lowest BCUT2D eigenvalue weighted by Crippen LogP contribution is -2.48. The number of nitrogens with one attached hydrogen (secondary N) is 1. The fraction of sp³-hybridized carbons (Fsp3) is 0.571. The van der Waals surface area contributed by atoms with Crippen molar-refractivity contribution >= 4 is 17.7 Å². The van der Waals surface area contributed by atoms with Gasteiger partial charge in [0.1, 0.15) is 5.69 Å². The van der Waals surface area contributed by atoms with Crippen LogP contribution in [0.2, 0.25) is 0 Å². The molecule has 0 aliphatic carbocycles. The third kappa shape index (κ3) is 5.24. The monoisotopic (exact) mass is 444 g/mol. The molecule has 2 aliphatic rings. The van der Waals surface area contributed by atoms with Crippen molar-refractivity contribution in [3.05, 3.63) is 55.9 Å². The van der Waals surface area contributed by atoms with Crippen LogP contribution in [-0.4, -0.2) is 61.8 Å². The summed E-state index contributed by atoms with van der Waals surface area (Å²) in [5.41, 5.74) is 2.06. The Hall–Kier alpha value is -2.46. The number of aromatic nitrogens is 4. The molecule has 1 atom stereocenters. The molecule has 2 aromatic heterocycles. The van der Waals surface area contributed by atoms with Crippen molar-refractivity contribution in [3.63, 3.8) is 0 Å². The van der Waals surface area contributed by atoms with Crippen LogP contribution in [0, 0.1) is 0 Å². The summed E-state index contributed by atoms with van der Waals surface area (Å²) in [4.78, 5) is 38.7. The van der Waals surface area contributed by atoms with E-state index in [-0.39, 0.29) is 28.8 Å². The molecule has 1 amide bonds. The summed E-state index contributed by atoms with van der Waals surface area (Å²) < 4.78 is 2.75. The Kier molecular flexibility index (Phi) is 6.86. The Morgan fingerprint density at radius 3 is 2.90 bits per heavy atom. The summed E-state index contributed by atoms with van der Waals surface area (Å²) in [6, 6.07) is 4.73. The summed E-state index contributed by atoms with van der Waals surface area (Å²) >= 11 is 1.84. The molecule has 1 unspecified atom stereocenters. The van der Waals surface area contributed by atoms with Crippen LogP contribution in [0.15, 0.2) is 27.8 Å². The normalized spacial score (nSPS) is 19.1. The fourth-order valence-electron chi connectivity index (χ4n) is 4.15. The van der Waals surface area contributed by atoms with Gasteiger partial charge in [-0.2, -0.15) is 22.0 Å². The van der Waals surface area contributed by atoms with Crippen LogP contribution in [0.1, 0.15) is 41.0 Å². The molecule has 0 radical (unpaired) electrons. The van der Waals surface area contributed by atoms with E-state index in [4.69, 9.17) is 0 Å². The predicted molar refractivity (Wildman–Crippen MR) is 119 cm³/mol. The van der Waals surface area contributed by atoms with Gasteiger partial charge >= 0.3 is 0 Å². The quantitative estimate of drug-likeness (QED) is 0.689. The molecule has 166 valence electrons. The van der Waals surface area contributed by atoms with Gasteiger partial charge in [-0.1, -0.05) is 6.42 Å². The minimum Gasteiger partial charge on any atom is -0.349 e. The van der Waals surface area contributed by atoms with E-state index in [9.17, 15) is 14.4 Å². The molecule has 4 heterocycles. The number of piperidine rings is 1. The van der Waals surface area contributed by atoms with Crippen molar-refractivity contribution in [2.24, 2.45) is 7.05 Å². The minimum absolute atomic E-state index is 0.0381. The predicted octanol–water partition coefficient (Wildman–Crippen LogP) is 0.411. The Bertz CT molecular complexity index is 1070. The SMILES string of the molecule is Cn1nc(C(=O)NCC2CCCCN2CCn2nc3c(cc2=O)CSCC3)ccc1=O. The van der Waals surface area contributed by atoms with E-state index >= 15 is 0 Å². The molecule has 0 bridgehead atoms. The zero-order valence-corrected chi connectivity index (χ0v) is 18.6. The number of hydrogen-bond acceptors (Lipinski definition) is 7. The van der Waals surface area contributed by atoms with Crippen molar-refractivity contribution in [1.82, 2.24) is 29.8 Å². The van der Waals surface area contributed by atoms with E-state index in [0.29, 0.717) is 13.1 Å². The van der Waals surface area contributed by atoms with Gasteiger partial charge in [-0.25, -0.2) is 9.36 Å². The van der Waals surface area contributed by atoms with Crippen molar-refractivity contribution in [3.8, 4) is 0 Å². The topological polar surface area (TPSA) is 102 Å². The number of likely N-dealkylation sites (tertiary alicyclic amines) is 1. The standard InChI is InChI=1S/C21H28N6O3S/c1-25-19(28)6-5-18(23-25)21(30)22-13-16-4-2-3-8-26(16)9-10-27-20(29)12-15-14-31-11-7-17(15)24-27/h5-6,12,16H,2-4,7-11,13-14H2,1H3,(H,22,30). The number of thioether (sulfide) groups is 1. The van der Waals surface area contributed by atoms with Crippen LogP contribution in [-0.2, 0) is 25.8 Å². The van der Waals surface area contributed by atoms with E-state index in [1.807, 2.05) is 11.8 Å². The number of fused-ring (bicyclic) bond motifs is 1. The smallest absolute Gasteiger partial charge is 0.271 e. The van der Waals surface area contributed by atoms with Gasteiger partial charge in [0.2, 0.25) is 0 Å². The number of carbonyl (C=O) groups excluding carboxylic acids is 1. The van der Waals surface area contributed by atoms with E-state index < -0.39 is 0 Å². The van der Waals surface area contributed by atoms with Crippen LogP contribution in [0.25, 0.3) is 0 Å². The van der Waals surface area contributed by atoms with Crippen LogP contribution in [0.3, 0.4) is 0 Å². The molecule has 1 fully saturated rings. The molecule has 2 aromatic rings. The van der Waals surface area contributed by atoms with E-state index in [1.54, 1.807) is 10.7 Å². The first-order valence-electron chi connectivity index (χ1n) is 10.8. The third-order valence-corrected chi connectivity index (χ3v) is 6.95. The molecule has 10 heteroatoms. The van der Waals surface area contributed by atoms with Gasteiger partial charge in [0, 0.05) is 50.5 Å². The number of nitrogens with zero attached hydrogens (tertiary/aromatic N) is 5. The van der Waals surface area contributed by atoms with E-state index in [2.05, 4.69) is 20.4 Å². The molecule has 0 aromatic carbocycles. The van der Waals surface area contributed by atoms with Gasteiger partial charge in [0.25, 0.3) is 17.0 Å². The molecule has 1 saturated heterocycles. The highest BCUT2D eigenvalue weighted by atomic mass is 32.2. The summed E-state index contributed by atoms with van der Waals surface area (Å²) in [5.74, 6) is 1.64. The third-order valence-electron chi connectivity index (χ3n) is 5.94. The highest BCUT2D eigenvalue weighted by Gasteiger charge is 2.23. The molecule has 0 saturated carbocycles. The van der Waals surface area contributed by atoms with Crippen LogP contribution in [0.4, 0.5) is 0 Å². The van der Waals surface area contributed by atoms with Gasteiger partial charge in [0.15, 0.2) is 0 Å². The molecule has 0 spiro atoms. The van der Waals surface area contributed by atoms with Gasteiger partial charge in [0.05, 0.1) is 12.2 Å². The second-order valence-electron chi connectivity index (χ2n) is 8.06. The lowest BCUT2D eigenvalue weighted by Gasteiger charge is -2.35. The summed E-state index contributed by atoms with van der Waals surface area (Å²) in [6.07, 6.45) is 4.13. The number of carbonyl (C=O) groups is 1. The number of hydrogen-bond donors (Lipinski definition) is 1. The summed E-state index contributed by atoms with van der Waals surface area (Å²) in [6.45, 7) is 2.72. The maximum absolute atomic E-state index is 12.5.